The van der Waals surface area contributed by atoms with Gasteiger partial charge in [-0.2, -0.15) is 0 Å². The van der Waals surface area contributed by atoms with Crippen LogP contribution in [-0.2, 0) is 25.7 Å². The van der Waals surface area contributed by atoms with Crippen LogP contribution in [0.2, 0.25) is 0 Å². The van der Waals surface area contributed by atoms with Crippen LogP contribution in [0.25, 0.3) is 22.3 Å². The summed E-state index contributed by atoms with van der Waals surface area (Å²) in [7, 11) is 0. The van der Waals surface area contributed by atoms with Crippen molar-refractivity contribution in [2.45, 2.75) is 25.7 Å². The van der Waals surface area contributed by atoms with Crippen molar-refractivity contribution >= 4 is 17.2 Å². The zero-order chi connectivity index (χ0) is 22.7. The van der Waals surface area contributed by atoms with Gasteiger partial charge in [0.2, 0.25) is 0 Å². The normalized spacial score (nSPS) is 14.9. The largest absolute Gasteiger partial charge is 0.294 e. The number of aromatic nitrogens is 2. The molecule has 4 heterocycles. The van der Waals surface area contributed by atoms with Crippen LogP contribution in [0, 0.1) is 0 Å². The second-order valence-corrected chi connectivity index (χ2v) is 10.2. The summed E-state index contributed by atoms with van der Waals surface area (Å²) < 4.78 is 0. The molecule has 0 radical (unpaired) electrons. The van der Waals surface area contributed by atoms with E-state index >= 15 is 0 Å². The van der Waals surface area contributed by atoms with Crippen LogP contribution in [0.1, 0.15) is 44.5 Å². The lowest BCUT2D eigenvalue weighted by Gasteiger charge is -2.39. The quantitative estimate of drug-likeness (QED) is 0.253. The van der Waals surface area contributed by atoms with Crippen molar-refractivity contribution in [1.82, 2.24) is 9.97 Å². The van der Waals surface area contributed by atoms with Crippen LogP contribution in [-0.4, -0.2) is 9.97 Å². The number of anilines is 3. The fourth-order valence-corrected chi connectivity index (χ4v) is 7.11. The van der Waals surface area contributed by atoms with Gasteiger partial charge in [0.25, 0.3) is 0 Å². The third kappa shape index (κ3) is 2.21. The van der Waals surface area contributed by atoms with Gasteiger partial charge in [-0.3, -0.25) is 9.88 Å². The Labute approximate surface area is 203 Å². The minimum Gasteiger partial charge on any atom is -0.294 e. The SMILES string of the molecule is c1ccc2c(c1)Cc1ccc3c(c1-2)Cc1cc2c4c(c1-3)Cc1cnccc1N4c1ncccc1C2. The van der Waals surface area contributed by atoms with Gasteiger partial charge >= 0.3 is 0 Å². The van der Waals surface area contributed by atoms with E-state index in [1.54, 1.807) is 0 Å². The first-order valence-corrected chi connectivity index (χ1v) is 12.4. The maximum absolute atomic E-state index is 4.86. The predicted molar refractivity (Wildman–Crippen MR) is 139 cm³/mol. The van der Waals surface area contributed by atoms with Crippen LogP contribution >= 0.6 is 0 Å². The number of pyridine rings is 2. The lowest BCUT2D eigenvalue weighted by molar-refractivity contribution is 0.971. The highest BCUT2D eigenvalue weighted by Gasteiger charge is 2.38. The molecule has 5 aromatic rings. The fourth-order valence-electron chi connectivity index (χ4n) is 7.11. The first kappa shape index (κ1) is 18.1. The van der Waals surface area contributed by atoms with E-state index in [0.717, 1.165) is 31.5 Å². The molecule has 0 saturated carbocycles. The molecule has 35 heavy (non-hydrogen) atoms. The highest BCUT2D eigenvalue weighted by atomic mass is 15.2. The van der Waals surface area contributed by atoms with Crippen molar-refractivity contribution in [2.75, 3.05) is 4.90 Å². The molecule has 0 atom stereocenters. The van der Waals surface area contributed by atoms with Gasteiger partial charge in [0.05, 0.1) is 11.4 Å². The molecular formula is C32H21N3. The molecule has 3 nitrogen and oxygen atoms in total. The summed E-state index contributed by atoms with van der Waals surface area (Å²) in [6.07, 6.45) is 9.79. The number of benzene rings is 3. The Morgan fingerprint density at radius 3 is 2.46 bits per heavy atom. The molecule has 2 aliphatic heterocycles. The molecule has 0 N–H and O–H groups in total. The van der Waals surface area contributed by atoms with Gasteiger partial charge in [-0.25, -0.2) is 4.98 Å². The first-order chi connectivity index (χ1) is 17.3. The van der Waals surface area contributed by atoms with Gasteiger partial charge in [-0.1, -0.05) is 48.5 Å². The molecule has 9 rings (SSSR count). The highest BCUT2D eigenvalue weighted by molar-refractivity contribution is 5.97. The molecule has 2 aromatic heterocycles. The summed E-state index contributed by atoms with van der Waals surface area (Å²) in [4.78, 5) is 11.8. The number of hydrogen-bond acceptors (Lipinski definition) is 3. The molecule has 2 aliphatic carbocycles. The van der Waals surface area contributed by atoms with Gasteiger partial charge in [0.1, 0.15) is 5.82 Å². The fraction of sp³-hybridized carbons (Fsp3) is 0.125. The van der Waals surface area contributed by atoms with Crippen molar-refractivity contribution in [3.05, 3.63) is 124 Å². The summed E-state index contributed by atoms with van der Waals surface area (Å²) in [6.45, 7) is 0. The second-order valence-electron chi connectivity index (χ2n) is 10.2. The van der Waals surface area contributed by atoms with Crippen LogP contribution in [0.5, 0.6) is 0 Å². The van der Waals surface area contributed by atoms with Gasteiger partial charge in [0.15, 0.2) is 0 Å². The van der Waals surface area contributed by atoms with E-state index < -0.39 is 0 Å². The standard InChI is InChI=1S/C32H21N3/c1-2-6-24-18(4-1)12-19-7-8-25-26(29(19)24)15-21-14-22-13-20-5-3-10-34-32(20)35-28-9-11-33-17-23(28)16-27(30(21)25)31(22)35/h1-11,14,17H,12-13,15-16H2. The van der Waals surface area contributed by atoms with Crippen molar-refractivity contribution < 1.29 is 0 Å². The van der Waals surface area contributed by atoms with Crippen LogP contribution in [0.4, 0.5) is 17.2 Å². The monoisotopic (exact) mass is 447 g/mol. The van der Waals surface area contributed by atoms with Crippen molar-refractivity contribution in [2.24, 2.45) is 0 Å². The third-order valence-electron chi connectivity index (χ3n) is 8.43. The molecule has 0 amide bonds. The Bertz CT molecular complexity index is 1750. The molecule has 0 bridgehead atoms. The molecule has 0 spiro atoms. The minimum absolute atomic E-state index is 0.917. The van der Waals surface area contributed by atoms with Gasteiger partial charge in [-0.15, -0.1) is 0 Å². The van der Waals surface area contributed by atoms with Crippen LogP contribution < -0.4 is 4.90 Å². The summed E-state index contributed by atoms with van der Waals surface area (Å²) in [6, 6.07) is 22.7. The highest BCUT2D eigenvalue weighted by Crippen LogP contribution is 2.56. The average Bonchev–Trinajstić information content (AvgIpc) is 3.46. The average molecular weight is 448 g/mol. The molecule has 3 aromatic carbocycles. The number of fused-ring (bicyclic) bond motifs is 12. The predicted octanol–water partition coefficient (Wildman–Crippen LogP) is 6.90. The molecule has 0 saturated heterocycles. The smallest absolute Gasteiger partial charge is 0.141 e. The van der Waals surface area contributed by atoms with Crippen LogP contribution in [0.3, 0.4) is 0 Å². The zero-order valence-corrected chi connectivity index (χ0v) is 19.2. The lowest BCUT2D eigenvalue weighted by atomic mass is 9.83. The molecule has 3 heteroatoms. The molecule has 4 aliphatic rings. The number of nitrogens with zero attached hydrogens (tertiary/aromatic N) is 3. The summed E-state index contributed by atoms with van der Waals surface area (Å²) in [5.74, 6) is 1.06. The molecular weight excluding hydrogens is 426 g/mol. The van der Waals surface area contributed by atoms with E-state index in [1.165, 1.54) is 78.1 Å². The topological polar surface area (TPSA) is 29.0 Å². The Morgan fingerprint density at radius 2 is 1.46 bits per heavy atom. The van der Waals surface area contributed by atoms with Crippen molar-refractivity contribution in [3.63, 3.8) is 0 Å². The first-order valence-electron chi connectivity index (χ1n) is 12.4. The van der Waals surface area contributed by atoms with E-state index in [1.807, 2.05) is 18.6 Å². The van der Waals surface area contributed by atoms with E-state index in [2.05, 4.69) is 70.5 Å². The Morgan fingerprint density at radius 1 is 0.600 bits per heavy atom. The second kappa shape index (κ2) is 6.25. The lowest BCUT2D eigenvalue weighted by Crippen LogP contribution is -2.26. The third-order valence-corrected chi connectivity index (χ3v) is 8.43. The van der Waals surface area contributed by atoms with Crippen molar-refractivity contribution in [1.29, 1.82) is 0 Å². The molecule has 0 fully saturated rings. The van der Waals surface area contributed by atoms with Gasteiger partial charge in [-0.05, 0) is 91.7 Å². The van der Waals surface area contributed by atoms with Crippen LogP contribution in [0.15, 0.2) is 79.3 Å². The Balaban J connectivity index is 1.34. The van der Waals surface area contributed by atoms with Gasteiger partial charge in [0, 0.05) is 31.4 Å². The maximum Gasteiger partial charge on any atom is 0.141 e. The maximum atomic E-state index is 4.86. The van der Waals surface area contributed by atoms with E-state index in [9.17, 15) is 0 Å². The zero-order valence-electron chi connectivity index (χ0n) is 19.2. The summed E-state index contributed by atoms with van der Waals surface area (Å²) in [5.41, 5.74) is 19.7. The summed E-state index contributed by atoms with van der Waals surface area (Å²) in [5, 5.41) is 0. The van der Waals surface area contributed by atoms with E-state index in [4.69, 9.17) is 4.98 Å². The number of rotatable bonds is 0. The molecule has 164 valence electrons. The van der Waals surface area contributed by atoms with E-state index in [0.29, 0.717) is 0 Å². The Hall–Kier alpha value is -4.24. The number of hydrogen-bond donors (Lipinski definition) is 0. The molecule has 0 unspecified atom stereocenters. The van der Waals surface area contributed by atoms with Gasteiger partial charge < -0.3 is 0 Å². The minimum atomic E-state index is 0.917. The van der Waals surface area contributed by atoms with Crippen molar-refractivity contribution in [3.8, 4) is 22.3 Å². The summed E-state index contributed by atoms with van der Waals surface area (Å²) >= 11 is 0. The van der Waals surface area contributed by atoms with E-state index in [-0.39, 0.29) is 0 Å². The Kier molecular flexibility index (Phi) is 3.24.